The first-order chi connectivity index (χ1) is 13.7. The minimum Gasteiger partial charge on any atom is -0.352 e. The van der Waals surface area contributed by atoms with Gasteiger partial charge in [0, 0.05) is 36.8 Å². The van der Waals surface area contributed by atoms with E-state index >= 15 is 0 Å². The number of aryl methyl sites for hydroxylation is 1. The van der Waals surface area contributed by atoms with Gasteiger partial charge in [-0.2, -0.15) is 0 Å². The maximum atomic E-state index is 12.4. The first-order valence-electron chi connectivity index (χ1n) is 9.27. The third-order valence-electron chi connectivity index (χ3n) is 4.66. The number of nitrogens with zero attached hydrogens (tertiary/aromatic N) is 5. The Labute approximate surface area is 168 Å². The number of aromatic nitrogens is 3. The van der Waals surface area contributed by atoms with E-state index in [4.69, 9.17) is 0 Å². The predicted molar refractivity (Wildman–Crippen MR) is 111 cm³/mol. The summed E-state index contributed by atoms with van der Waals surface area (Å²) in [6, 6.07) is 13.6. The molecular weight excluding hydrogens is 372 g/mol. The second-order valence-corrected chi connectivity index (χ2v) is 7.72. The van der Waals surface area contributed by atoms with E-state index in [0.717, 1.165) is 35.3 Å². The van der Waals surface area contributed by atoms with Crippen LogP contribution in [0.2, 0.25) is 0 Å². The van der Waals surface area contributed by atoms with Crippen molar-refractivity contribution in [3.63, 3.8) is 0 Å². The lowest BCUT2D eigenvalue weighted by Gasteiger charge is -2.35. The molecule has 7 nitrogen and oxygen atoms in total. The van der Waals surface area contributed by atoms with E-state index in [1.807, 2.05) is 59.7 Å². The number of carbonyl (C=O) groups excluding carboxylic acids is 1. The van der Waals surface area contributed by atoms with Gasteiger partial charge in [-0.15, -0.1) is 21.5 Å². The molecule has 1 fully saturated rings. The maximum absolute atomic E-state index is 12.4. The summed E-state index contributed by atoms with van der Waals surface area (Å²) in [7, 11) is 0. The third kappa shape index (κ3) is 4.45. The largest absolute Gasteiger partial charge is 0.352 e. The van der Waals surface area contributed by atoms with E-state index in [0.29, 0.717) is 25.3 Å². The van der Waals surface area contributed by atoms with Crippen molar-refractivity contribution in [1.82, 2.24) is 20.1 Å². The van der Waals surface area contributed by atoms with Crippen molar-refractivity contribution in [2.75, 3.05) is 36.4 Å². The smallest absolute Gasteiger partial charge is 0.227 e. The van der Waals surface area contributed by atoms with Gasteiger partial charge in [0.15, 0.2) is 11.6 Å². The zero-order chi connectivity index (χ0) is 19.3. The van der Waals surface area contributed by atoms with Crippen molar-refractivity contribution in [3.05, 3.63) is 58.4 Å². The second-order valence-electron chi connectivity index (χ2n) is 6.69. The first kappa shape index (κ1) is 18.4. The lowest BCUT2D eigenvalue weighted by Crippen LogP contribution is -2.49. The number of pyridine rings is 1. The van der Waals surface area contributed by atoms with Crippen LogP contribution in [0.25, 0.3) is 0 Å². The van der Waals surface area contributed by atoms with Crippen molar-refractivity contribution < 1.29 is 4.79 Å². The molecule has 0 aromatic carbocycles. The molecule has 1 aliphatic rings. The predicted octanol–water partition coefficient (Wildman–Crippen LogP) is 2.88. The van der Waals surface area contributed by atoms with Crippen LogP contribution in [0.15, 0.2) is 47.8 Å². The maximum Gasteiger partial charge on any atom is 0.227 e. The lowest BCUT2D eigenvalue weighted by atomic mass is 10.2. The Morgan fingerprint density at radius 1 is 1.04 bits per heavy atom. The highest BCUT2D eigenvalue weighted by molar-refractivity contribution is 7.10. The molecule has 28 heavy (non-hydrogen) atoms. The minimum atomic E-state index is 0.193. The van der Waals surface area contributed by atoms with E-state index in [1.165, 1.54) is 0 Å². The zero-order valence-corrected chi connectivity index (χ0v) is 16.5. The van der Waals surface area contributed by atoms with Crippen LogP contribution in [0, 0.1) is 6.92 Å². The normalized spacial score (nSPS) is 14.2. The quantitative estimate of drug-likeness (QED) is 0.717. The molecule has 1 N–H and O–H groups in total. The Kier molecular flexibility index (Phi) is 5.48. The van der Waals surface area contributed by atoms with Crippen molar-refractivity contribution in [2.45, 2.75) is 13.3 Å². The SMILES string of the molecule is Cc1cccc(Nc2ccc(N3CCN(C(=O)Cc4cccs4)CC3)nn2)n1. The molecule has 1 aliphatic heterocycles. The summed E-state index contributed by atoms with van der Waals surface area (Å²) >= 11 is 1.63. The highest BCUT2D eigenvalue weighted by Gasteiger charge is 2.22. The molecule has 0 radical (unpaired) electrons. The lowest BCUT2D eigenvalue weighted by molar-refractivity contribution is -0.130. The molecule has 0 atom stereocenters. The Balaban J connectivity index is 1.31. The summed E-state index contributed by atoms with van der Waals surface area (Å²) in [5.74, 6) is 2.43. The van der Waals surface area contributed by atoms with Crippen molar-refractivity contribution in [2.24, 2.45) is 0 Å². The Morgan fingerprint density at radius 3 is 2.57 bits per heavy atom. The van der Waals surface area contributed by atoms with E-state index < -0.39 is 0 Å². The number of hydrogen-bond donors (Lipinski definition) is 1. The van der Waals surface area contributed by atoms with Crippen molar-refractivity contribution in [1.29, 1.82) is 0 Å². The van der Waals surface area contributed by atoms with E-state index in [1.54, 1.807) is 11.3 Å². The monoisotopic (exact) mass is 394 g/mol. The zero-order valence-electron chi connectivity index (χ0n) is 15.7. The van der Waals surface area contributed by atoms with Crippen LogP contribution < -0.4 is 10.2 Å². The highest BCUT2D eigenvalue weighted by atomic mass is 32.1. The summed E-state index contributed by atoms with van der Waals surface area (Å²) in [5.41, 5.74) is 0.945. The number of carbonyl (C=O) groups is 1. The van der Waals surface area contributed by atoms with Crippen molar-refractivity contribution >= 4 is 34.7 Å². The fourth-order valence-electron chi connectivity index (χ4n) is 3.16. The number of amides is 1. The van der Waals surface area contributed by atoms with E-state index in [-0.39, 0.29) is 5.91 Å². The van der Waals surface area contributed by atoms with Gasteiger partial charge in [-0.3, -0.25) is 4.79 Å². The van der Waals surface area contributed by atoms with Gasteiger partial charge in [0.05, 0.1) is 6.42 Å². The number of hydrogen-bond acceptors (Lipinski definition) is 7. The molecular formula is C20H22N6OS. The Hall–Kier alpha value is -3.00. The van der Waals surface area contributed by atoms with Crippen LogP contribution in [-0.4, -0.2) is 52.2 Å². The first-order valence-corrected chi connectivity index (χ1v) is 10.1. The third-order valence-corrected chi connectivity index (χ3v) is 5.53. The van der Waals surface area contributed by atoms with Crippen LogP contribution in [0.4, 0.5) is 17.5 Å². The van der Waals surface area contributed by atoms with Gasteiger partial charge in [0.25, 0.3) is 0 Å². The van der Waals surface area contributed by atoms with Gasteiger partial charge in [0.2, 0.25) is 5.91 Å². The molecule has 3 aromatic rings. The van der Waals surface area contributed by atoms with Gasteiger partial charge in [-0.1, -0.05) is 12.1 Å². The summed E-state index contributed by atoms with van der Waals surface area (Å²) in [5, 5.41) is 13.8. The fourth-order valence-corrected chi connectivity index (χ4v) is 3.86. The number of piperazine rings is 1. The number of nitrogens with one attached hydrogen (secondary N) is 1. The molecule has 8 heteroatoms. The van der Waals surface area contributed by atoms with Gasteiger partial charge < -0.3 is 15.1 Å². The Morgan fingerprint density at radius 2 is 1.89 bits per heavy atom. The van der Waals surface area contributed by atoms with Gasteiger partial charge in [0.1, 0.15) is 5.82 Å². The number of rotatable bonds is 5. The van der Waals surface area contributed by atoms with Crippen LogP contribution in [0.5, 0.6) is 0 Å². The highest BCUT2D eigenvalue weighted by Crippen LogP contribution is 2.18. The molecule has 0 bridgehead atoms. The van der Waals surface area contributed by atoms with E-state index in [9.17, 15) is 4.79 Å². The summed E-state index contributed by atoms with van der Waals surface area (Å²) in [6.07, 6.45) is 0.491. The standard InChI is InChI=1S/C20H22N6OS/c1-15-4-2-6-17(21-15)22-18-7-8-19(24-23-18)25-9-11-26(12-10-25)20(27)14-16-5-3-13-28-16/h2-8,13H,9-12,14H2,1H3,(H,21,22,23). The second kappa shape index (κ2) is 8.35. The summed E-state index contributed by atoms with van der Waals surface area (Å²) in [4.78, 5) is 22.0. The number of anilines is 3. The summed E-state index contributed by atoms with van der Waals surface area (Å²) < 4.78 is 0. The molecule has 0 aliphatic carbocycles. The average Bonchev–Trinajstić information content (AvgIpc) is 3.22. The molecule has 144 valence electrons. The molecule has 1 amide bonds. The van der Waals surface area contributed by atoms with Crippen LogP contribution >= 0.6 is 11.3 Å². The molecule has 1 saturated heterocycles. The number of thiophene rings is 1. The van der Waals surface area contributed by atoms with E-state index in [2.05, 4.69) is 25.4 Å². The van der Waals surface area contributed by atoms with Crippen molar-refractivity contribution in [3.8, 4) is 0 Å². The molecule has 4 rings (SSSR count). The fraction of sp³-hybridized carbons (Fsp3) is 0.300. The van der Waals surface area contributed by atoms with Gasteiger partial charge in [-0.05, 0) is 42.6 Å². The molecule has 0 unspecified atom stereocenters. The van der Waals surface area contributed by atoms with Gasteiger partial charge >= 0.3 is 0 Å². The van der Waals surface area contributed by atoms with Crippen LogP contribution in [0.3, 0.4) is 0 Å². The molecule has 0 saturated carbocycles. The Bertz CT molecular complexity index is 920. The molecule has 3 aromatic heterocycles. The minimum absolute atomic E-state index is 0.193. The topological polar surface area (TPSA) is 74.2 Å². The average molecular weight is 395 g/mol. The molecule has 4 heterocycles. The van der Waals surface area contributed by atoms with Crippen LogP contribution in [0.1, 0.15) is 10.6 Å². The molecule has 0 spiro atoms. The van der Waals surface area contributed by atoms with Gasteiger partial charge in [-0.25, -0.2) is 4.98 Å². The van der Waals surface area contributed by atoms with Crippen LogP contribution in [-0.2, 0) is 11.2 Å². The summed E-state index contributed by atoms with van der Waals surface area (Å²) in [6.45, 7) is 4.89.